The monoisotopic (exact) mass is 522 g/mol. The third kappa shape index (κ3) is 5.72. The third-order valence-electron chi connectivity index (χ3n) is 6.27. The first-order chi connectivity index (χ1) is 14.6. The average Bonchev–Trinajstić information content (AvgIpc) is 2.78. The van der Waals surface area contributed by atoms with Gasteiger partial charge < -0.3 is 0 Å². The molecule has 30 heavy (non-hydrogen) atoms. The van der Waals surface area contributed by atoms with E-state index in [1.165, 1.54) is 55.4 Å². The average molecular weight is 521 g/mol. The predicted octanol–water partition coefficient (Wildman–Crippen LogP) is 7.57. The Bertz CT molecular complexity index is 769. The molecule has 2 nitrogen and oxygen atoms in total. The zero-order valence-electron chi connectivity index (χ0n) is 19.5. The first kappa shape index (κ1) is 25.0. The van der Waals surface area contributed by atoms with Crippen molar-refractivity contribution >= 4 is 22.0 Å². The molecule has 0 atom stereocenters. The molecule has 0 amide bonds. The zero-order chi connectivity index (χ0) is 22.0. The summed E-state index contributed by atoms with van der Waals surface area (Å²) in [6.07, 6.45) is 7.33. The fraction of sp³-hybridized carbons (Fsp3) is 0.538. The number of benzene rings is 2. The van der Waals surface area contributed by atoms with E-state index in [4.69, 9.17) is 9.47 Å². The second-order valence-corrected chi connectivity index (χ2v) is 21.3. The quantitative estimate of drug-likeness (QED) is 0.253. The first-order valence-corrected chi connectivity index (χ1v) is 19.1. The van der Waals surface area contributed by atoms with Gasteiger partial charge in [0.05, 0.1) is 0 Å². The van der Waals surface area contributed by atoms with E-state index in [0.717, 1.165) is 11.3 Å². The van der Waals surface area contributed by atoms with Crippen LogP contribution in [-0.4, -0.2) is 32.6 Å². The van der Waals surface area contributed by atoms with Crippen LogP contribution in [0.3, 0.4) is 0 Å². The Morgan fingerprint density at radius 1 is 0.733 bits per heavy atom. The van der Waals surface area contributed by atoms with Gasteiger partial charge in [0.1, 0.15) is 0 Å². The summed E-state index contributed by atoms with van der Waals surface area (Å²) in [5.74, 6) is 1.34. The molecule has 4 heteroatoms. The summed E-state index contributed by atoms with van der Waals surface area (Å²) in [7, 11) is 3.39. The van der Waals surface area contributed by atoms with Gasteiger partial charge in [-0.15, -0.1) is 0 Å². The fourth-order valence-electron chi connectivity index (χ4n) is 4.69. The van der Waals surface area contributed by atoms with E-state index in [0.29, 0.717) is 11.3 Å². The molecule has 0 saturated heterocycles. The molecule has 166 valence electrons. The van der Waals surface area contributed by atoms with Crippen molar-refractivity contribution in [2.24, 2.45) is 0 Å². The number of hydrogen-bond acceptors (Lipinski definition) is 2. The minimum atomic E-state index is -2.91. The van der Waals surface area contributed by atoms with Crippen LogP contribution >= 0.6 is 0 Å². The van der Waals surface area contributed by atoms with E-state index < -0.39 is 18.4 Å². The predicted molar refractivity (Wildman–Crippen MR) is 129 cm³/mol. The molecule has 0 aliphatic rings. The molecule has 0 aromatic heterocycles. The van der Waals surface area contributed by atoms with Crippen LogP contribution in [0.4, 0.5) is 4.39 Å². The Labute approximate surface area is 187 Å². The molecule has 0 bridgehead atoms. The van der Waals surface area contributed by atoms with Gasteiger partial charge in [-0.1, -0.05) is 0 Å². The Kier molecular flexibility index (Phi) is 10.5. The molecule has 0 aliphatic carbocycles. The van der Waals surface area contributed by atoms with E-state index >= 15 is 4.39 Å². The van der Waals surface area contributed by atoms with Crippen LogP contribution in [-0.2, 0) is 0 Å². The molecule has 2 rings (SSSR count). The topological polar surface area (TPSA) is 18.5 Å². The summed E-state index contributed by atoms with van der Waals surface area (Å²) in [4.78, 5) is 0. The summed E-state index contributed by atoms with van der Waals surface area (Å²) >= 11 is -2.91. The first-order valence-electron chi connectivity index (χ1n) is 11.6. The number of hydrogen-bond donors (Lipinski definition) is 0. The molecule has 0 N–H and O–H groups in total. The van der Waals surface area contributed by atoms with Gasteiger partial charge in [-0.05, 0) is 0 Å². The Balaban J connectivity index is 2.82. The summed E-state index contributed by atoms with van der Waals surface area (Å²) in [6, 6.07) is 11.3. The second-order valence-electron chi connectivity index (χ2n) is 8.29. The Morgan fingerprint density at radius 3 is 1.73 bits per heavy atom. The van der Waals surface area contributed by atoms with Crippen molar-refractivity contribution in [3.63, 3.8) is 0 Å². The van der Waals surface area contributed by atoms with Crippen LogP contribution in [0.25, 0.3) is 11.1 Å². The van der Waals surface area contributed by atoms with Crippen LogP contribution < -0.4 is 13.1 Å². The zero-order valence-corrected chi connectivity index (χ0v) is 22.4. The molecule has 0 fully saturated rings. The van der Waals surface area contributed by atoms with E-state index in [1.54, 1.807) is 26.4 Å². The summed E-state index contributed by atoms with van der Waals surface area (Å²) < 4.78 is 32.0. The SMILES string of the molecule is CCC[CH2][Sn]([CH2]CCC)([CH2]CCC)[c]1c(OC)cccc1-c1c(F)cccc1OC. The molecule has 0 spiro atoms. The molecule has 2 aromatic carbocycles. The van der Waals surface area contributed by atoms with Crippen molar-refractivity contribution in [1.29, 1.82) is 0 Å². The van der Waals surface area contributed by atoms with Crippen LogP contribution in [0, 0.1) is 5.82 Å². The normalized spacial score (nSPS) is 11.5. The van der Waals surface area contributed by atoms with Crippen molar-refractivity contribution in [3.05, 3.63) is 42.2 Å². The van der Waals surface area contributed by atoms with E-state index in [1.807, 2.05) is 12.1 Å². The van der Waals surface area contributed by atoms with Crippen molar-refractivity contribution in [2.45, 2.75) is 72.6 Å². The molecule has 0 heterocycles. The molecular formula is C26H39FO2Sn. The number of rotatable bonds is 13. The van der Waals surface area contributed by atoms with Crippen molar-refractivity contribution in [2.75, 3.05) is 14.2 Å². The molecule has 0 saturated carbocycles. The van der Waals surface area contributed by atoms with Crippen LogP contribution in [0.15, 0.2) is 36.4 Å². The molecule has 0 radical (unpaired) electrons. The summed E-state index contributed by atoms with van der Waals surface area (Å²) in [5, 5.41) is 0. The van der Waals surface area contributed by atoms with Crippen LogP contribution in [0.1, 0.15) is 59.3 Å². The fourth-order valence-corrected chi connectivity index (χ4v) is 22.0. The van der Waals surface area contributed by atoms with Crippen molar-refractivity contribution in [3.8, 4) is 22.6 Å². The van der Waals surface area contributed by atoms with Gasteiger partial charge in [0.15, 0.2) is 0 Å². The molecular weight excluding hydrogens is 482 g/mol. The van der Waals surface area contributed by atoms with Crippen molar-refractivity contribution in [1.82, 2.24) is 0 Å². The number of unbranched alkanes of at least 4 members (excludes halogenated alkanes) is 3. The summed E-state index contributed by atoms with van der Waals surface area (Å²) in [6.45, 7) is 6.83. The van der Waals surface area contributed by atoms with Gasteiger partial charge in [0.2, 0.25) is 0 Å². The molecule has 0 aliphatic heterocycles. The maximum absolute atomic E-state index is 15.2. The van der Waals surface area contributed by atoms with E-state index in [-0.39, 0.29) is 5.82 Å². The third-order valence-corrected chi connectivity index (χ3v) is 22.0. The van der Waals surface area contributed by atoms with Crippen LogP contribution in [0.2, 0.25) is 13.3 Å². The number of methoxy groups -OCH3 is 2. The van der Waals surface area contributed by atoms with Gasteiger partial charge in [-0.3, -0.25) is 0 Å². The Morgan fingerprint density at radius 2 is 1.23 bits per heavy atom. The van der Waals surface area contributed by atoms with Gasteiger partial charge in [-0.25, -0.2) is 0 Å². The van der Waals surface area contributed by atoms with Crippen LogP contribution in [0.5, 0.6) is 11.5 Å². The maximum atomic E-state index is 15.2. The Hall–Kier alpha value is -1.23. The number of ether oxygens (including phenoxy) is 2. The van der Waals surface area contributed by atoms with Gasteiger partial charge >= 0.3 is 187 Å². The van der Waals surface area contributed by atoms with Gasteiger partial charge in [-0.2, -0.15) is 0 Å². The molecule has 2 aromatic rings. The summed E-state index contributed by atoms with van der Waals surface area (Å²) in [5.41, 5.74) is 1.60. The van der Waals surface area contributed by atoms with E-state index in [2.05, 4.69) is 32.9 Å². The standard InChI is InChI=1S/C14H12FO2.3C4H9.Sn/c1-16-11-6-3-5-10(9-11)14-12(15)7-4-8-13(14)17-2;3*1-3-4-2;/h3-8H,1-2H3;3*1,3-4H2,2H3;. The van der Waals surface area contributed by atoms with Gasteiger partial charge in [0.25, 0.3) is 0 Å². The number of halogens is 1. The van der Waals surface area contributed by atoms with Crippen molar-refractivity contribution < 1.29 is 13.9 Å². The van der Waals surface area contributed by atoms with Gasteiger partial charge in [0, 0.05) is 0 Å². The second kappa shape index (κ2) is 12.6. The van der Waals surface area contributed by atoms with E-state index in [9.17, 15) is 0 Å². The minimum absolute atomic E-state index is 0.217. The molecule has 0 unspecified atom stereocenters.